The molecule has 1 heterocycles. The molecule has 1 aromatic carbocycles. The first-order valence-electron chi connectivity index (χ1n) is 7.90. The Bertz CT molecular complexity index is 531. The number of para-hydroxylation sites is 1. The second kappa shape index (κ2) is 5.68. The molecule has 1 saturated carbocycles. The predicted molar refractivity (Wildman–Crippen MR) is 82.2 cm³/mol. The molecular weight excluding hydrogens is 264 g/mol. The van der Waals surface area contributed by atoms with Gasteiger partial charge in [0.25, 0.3) is 0 Å². The van der Waals surface area contributed by atoms with Gasteiger partial charge in [0, 0.05) is 12.1 Å². The third-order valence-electron chi connectivity index (χ3n) is 5.21. The molecule has 21 heavy (non-hydrogen) atoms. The van der Waals surface area contributed by atoms with Gasteiger partial charge in [0.05, 0.1) is 5.54 Å². The number of carbonyl (C=O) groups excluding carboxylic acids is 1. The fraction of sp³-hybridized carbons (Fsp3) is 0.588. The van der Waals surface area contributed by atoms with E-state index in [1.807, 2.05) is 24.3 Å². The molecule has 1 amide bonds. The summed E-state index contributed by atoms with van der Waals surface area (Å²) in [7, 11) is 0. The van der Waals surface area contributed by atoms with Crippen LogP contribution in [0.25, 0.3) is 0 Å². The lowest BCUT2D eigenvalue weighted by atomic mass is 9.73. The first-order valence-corrected chi connectivity index (χ1v) is 7.90. The minimum Gasteiger partial charge on any atom is -0.492 e. The van der Waals surface area contributed by atoms with E-state index in [0.29, 0.717) is 19.1 Å². The van der Waals surface area contributed by atoms with Crippen LogP contribution in [0, 0.1) is 5.92 Å². The number of nitrogens with two attached hydrogens (primary N) is 1. The van der Waals surface area contributed by atoms with Gasteiger partial charge in [0.1, 0.15) is 18.3 Å². The first-order chi connectivity index (χ1) is 10.2. The van der Waals surface area contributed by atoms with E-state index in [1.54, 1.807) is 0 Å². The summed E-state index contributed by atoms with van der Waals surface area (Å²) in [5.41, 5.74) is 6.77. The van der Waals surface area contributed by atoms with Gasteiger partial charge in [-0.3, -0.25) is 4.79 Å². The summed E-state index contributed by atoms with van der Waals surface area (Å²) in [6.07, 6.45) is 4.48. The van der Waals surface area contributed by atoms with Crippen molar-refractivity contribution in [1.29, 1.82) is 0 Å². The topological polar surface area (TPSA) is 64.3 Å². The fourth-order valence-corrected chi connectivity index (χ4v) is 3.67. The Morgan fingerprint density at radius 2 is 2.24 bits per heavy atom. The molecule has 3 atom stereocenters. The van der Waals surface area contributed by atoms with E-state index in [0.717, 1.165) is 30.6 Å². The van der Waals surface area contributed by atoms with E-state index in [9.17, 15) is 4.79 Å². The largest absolute Gasteiger partial charge is 0.492 e. The SMILES string of the molecule is CC1CCCCC1(CN)NC(=O)C1COc2ccccc21. The minimum absolute atomic E-state index is 0.0548. The highest BCUT2D eigenvalue weighted by Gasteiger charge is 2.41. The van der Waals surface area contributed by atoms with Crippen LogP contribution >= 0.6 is 0 Å². The second-order valence-electron chi connectivity index (χ2n) is 6.40. The van der Waals surface area contributed by atoms with Crippen molar-refractivity contribution in [3.63, 3.8) is 0 Å². The predicted octanol–water partition coefficient (Wildman–Crippen LogP) is 2.19. The van der Waals surface area contributed by atoms with E-state index < -0.39 is 0 Å². The molecule has 1 fully saturated rings. The maximum absolute atomic E-state index is 12.7. The van der Waals surface area contributed by atoms with Crippen LogP contribution in [0.4, 0.5) is 0 Å². The van der Waals surface area contributed by atoms with Gasteiger partial charge in [-0.15, -0.1) is 0 Å². The number of amides is 1. The molecule has 3 unspecified atom stereocenters. The van der Waals surface area contributed by atoms with Crippen molar-refractivity contribution < 1.29 is 9.53 Å². The highest BCUT2D eigenvalue weighted by molar-refractivity contribution is 5.86. The van der Waals surface area contributed by atoms with E-state index in [4.69, 9.17) is 10.5 Å². The zero-order valence-corrected chi connectivity index (χ0v) is 12.6. The van der Waals surface area contributed by atoms with Crippen molar-refractivity contribution in [3.8, 4) is 5.75 Å². The molecule has 0 radical (unpaired) electrons. The van der Waals surface area contributed by atoms with Gasteiger partial charge < -0.3 is 15.8 Å². The van der Waals surface area contributed by atoms with Gasteiger partial charge >= 0.3 is 0 Å². The van der Waals surface area contributed by atoms with Crippen LogP contribution in [-0.4, -0.2) is 24.6 Å². The molecule has 4 nitrogen and oxygen atoms in total. The van der Waals surface area contributed by atoms with Crippen LogP contribution in [0.5, 0.6) is 5.75 Å². The fourth-order valence-electron chi connectivity index (χ4n) is 3.67. The van der Waals surface area contributed by atoms with E-state index in [2.05, 4.69) is 12.2 Å². The Kier molecular flexibility index (Phi) is 3.89. The number of hydrogen-bond donors (Lipinski definition) is 2. The number of ether oxygens (including phenoxy) is 1. The highest BCUT2D eigenvalue weighted by atomic mass is 16.5. The lowest BCUT2D eigenvalue weighted by molar-refractivity contribution is -0.125. The molecule has 0 aromatic heterocycles. The molecular formula is C17H24N2O2. The second-order valence-corrected chi connectivity index (χ2v) is 6.40. The van der Waals surface area contributed by atoms with Gasteiger partial charge in [-0.1, -0.05) is 38.0 Å². The molecule has 1 aliphatic heterocycles. The molecule has 2 aliphatic rings. The van der Waals surface area contributed by atoms with Crippen molar-refractivity contribution in [3.05, 3.63) is 29.8 Å². The van der Waals surface area contributed by atoms with Gasteiger partial charge in [-0.05, 0) is 24.8 Å². The smallest absolute Gasteiger partial charge is 0.231 e. The zero-order chi connectivity index (χ0) is 14.9. The molecule has 114 valence electrons. The lowest BCUT2D eigenvalue weighted by Gasteiger charge is -2.43. The summed E-state index contributed by atoms with van der Waals surface area (Å²) >= 11 is 0. The number of hydrogen-bond acceptors (Lipinski definition) is 3. The monoisotopic (exact) mass is 288 g/mol. The standard InChI is InChI=1S/C17H24N2O2/c1-12-6-4-5-9-17(12,11-18)19-16(20)14-10-21-15-8-3-2-7-13(14)15/h2-3,7-8,12,14H,4-6,9-11,18H2,1H3,(H,19,20). The molecule has 4 heteroatoms. The number of fused-ring (bicyclic) bond motifs is 1. The maximum atomic E-state index is 12.7. The maximum Gasteiger partial charge on any atom is 0.231 e. The van der Waals surface area contributed by atoms with Crippen LogP contribution in [0.3, 0.4) is 0 Å². The Hall–Kier alpha value is -1.55. The first kappa shape index (κ1) is 14.4. The Balaban J connectivity index is 1.77. The Morgan fingerprint density at radius 3 is 3.00 bits per heavy atom. The van der Waals surface area contributed by atoms with Crippen LogP contribution < -0.4 is 15.8 Å². The van der Waals surface area contributed by atoms with Crippen LogP contribution in [0.15, 0.2) is 24.3 Å². The van der Waals surface area contributed by atoms with Crippen molar-refractivity contribution in [2.75, 3.05) is 13.2 Å². The Morgan fingerprint density at radius 1 is 1.43 bits per heavy atom. The molecule has 3 rings (SSSR count). The number of nitrogens with one attached hydrogen (secondary N) is 1. The van der Waals surface area contributed by atoms with Gasteiger partial charge in [-0.2, -0.15) is 0 Å². The van der Waals surface area contributed by atoms with Crippen LogP contribution in [0.1, 0.15) is 44.1 Å². The van der Waals surface area contributed by atoms with Crippen molar-refractivity contribution in [1.82, 2.24) is 5.32 Å². The third kappa shape index (κ3) is 2.53. The lowest BCUT2D eigenvalue weighted by Crippen LogP contribution is -2.60. The van der Waals surface area contributed by atoms with E-state index >= 15 is 0 Å². The Labute approximate surface area is 126 Å². The zero-order valence-electron chi connectivity index (χ0n) is 12.6. The van der Waals surface area contributed by atoms with Gasteiger partial charge in [0.15, 0.2) is 0 Å². The summed E-state index contributed by atoms with van der Waals surface area (Å²) in [6.45, 7) is 3.14. The minimum atomic E-state index is -0.243. The third-order valence-corrected chi connectivity index (χ3v) is 5.21. The van der Waals surface area contributed by atoms with E-state index in [1.165, 1.54) is 6.42 Å². The molecule has 1 aromatic rings. The number of benzene rings is 1. The van der Waals surface area contributed by atoms with Gasteiger partial charge in [0.2, 0.25) is 5.91 Å². The average molecular weight is 288 g/mol. The van der Waals surface area contributed by atoms with Crippen LogP contribution in [0.2, 0.25) is 0 Å². The molecule has 3 N–H and O–H groups in total. The average Bonchev–Trinajstić information content (AvgIpc) is 2.94. The van der Waals surface area contributed by atoms with Crippen molar-refractivity contribution in [2.24, 2.45) is 11.7 Å². The van der Waals surface area contributed by atoms with Crippen molar-refractivity contribution >= 4 is 5.91 Å². The summed E-state index contributed by atoms with van der Waals surface area (Å²) < 4.78 is 5.62. The molecule has 1 aliphatic carbocycles. The number of rotatable bonds is 3. The normalized spacial score (nSPS) is 31.3. The molecule has 0 spiro atoms. The van der Waals surface area contributed by atoms with Crippen molar-refractivity contribution in [2.45, 2.75) is 44.1 Å². The quantitative estimate of drug-likeness (QED) is 0.896. The molecule has 0 bridgehead atoms. The van der Waals surface area contributed by atoms with Crippen LogP contribution in [-0.2, 0) is 4.79 Å². The summed E-state index contributed by atoms with van der Waals surface area (Å²) in [5, 5.41) is 3.27. The summed E-state index contributed by atoms with van der Waals surface area (Å²) in [6, 6.07) is 7.79. The van der Waals surface area contributed by atoms with E-state index in [-0.39, 0.29) is 17.4 Å². The highest BCUT2D eigenvalue weighted by Crippen LogP contribution is 2.36. The van der Waals surface area contributed by atoms with Gasteiger partial charge in [-0.25, -0.2) is 0 Å². The summed E-state index contributed by atoms with van der Waals surface area (Å²) in [5.74, 6) is 1.10. The molecule has 0 saturated heterocycles. The number of carbonyl (C=O) groups is 1. The summed E-state index contributed by atoms with van der Waals surface area (Å²) in [4.78, 5) is 12.7.